The summed E-state index contributed by atoms with van der Waals surface area (Å²) >= 11 is 7.71. The van der Waals surface area contributed by atoms with Crippen LogP contribution in [0.4, 0.5) is 0 Å². The van der Waals surface area contributed by atoms with Crippen molar-refractivity contribution in [2.45, 2.75) is 40.2 Å². The lowest BCUT2D eigenvalue weighted by molar-refractivity contribution is 0.0702. The molecule has 1 amide bonds. The molecule has 0 unspecified atom stereocenters. The zero-order valence-corrected chi connectivity index (χ0v) is 15.4. The Bertz CT molecular complexity index is 713. The molecule has 0 aliphatic carbocycles. The Kier molecular flexibility index (Phi) is 4.78. The van der Waals surface area contributed by atoms with E-state index in [0.29, 0.717) is 6.54 Å². The topological polar surface area (TPSA) is 38.1 Å². The second-order valence-corrected chi connectivity index (χ2v) is 7.73. The smallest absolute Gasteiger partial charge is 0.263 e. The Morgan fingerprint density at radius 2 is 2.09 bits per heavy atom. The van der Waals surface area contributed by atoms with Crippen molar-refractivity contribution in [1.82, 2.24) is 14.7 Å². The summed E-state index contributed by atoms with van der Waals surface area (Å²) in [6, 6.07) is 2.00. The highest BCUT2D eigenvalue weighted by molar-refractivity contribution is 7.12. The van der Waals surface area contributed by atoms with Gasteiger partial charge < -0.3 is 4.90 Å². The molecule has 1 fully saturated rings. The first-order valence-electron chi connectivity index (χ1n) is 8.02. The molecule has 6 heteroatoms. The van der Waals surface area contributed by atoms with E-state index in [1.54, 1.807) is 0 Å². The van der Waals surface area contributed by atoms with E-state index in [-0.39, 0.29) is 5.91 Å². The van der Waals surface area contributed by atoms with Crippen LogP contribution in [0, 0.1) is 19.8 Å². The van der Waals surface area contributed by atoms with Crippen LogP contribution >= 0.6 is 22.9 Å². The molecule has 2 aromatic heterocycles. The third kappa shape index (κ3) is 3.45. The lowest BCUT2D eigenvalue weighted by Gasteiger charge is -2.29. The van der Waals surface area contributed by atoms with Crippen LogP contribution in [0.1, 0.15) is 46.4 Å². The molecule has 0 atom stereocenters. The monoisotopic (exact) mass is 351 g/mol. The fourth-order valence-electron chi connectivity index (χ4n) is 2.94. The number of thiophene rings is 1. The molecule has 3 heterocycles. The summed E-state index contributed by atoms with van der Waals surface area (Å²) in [7, 11) is 0. The molecule has 1 aliphatic heterocycles. The van der Waals surface area contributed by atoms with Gasteiger partial charge in [0.05, 0.1) is 27.8 Å². The highest BCUT2D eigenvalue weighted by atomic mass is 35.5. The summed E-state index contributed by atoms with van der Waals surface area (Å²) in [4.78, 5) is 15.4. The van der Waals surface area contributed by atoms with Crippen molar-refractivity contribution in [2.75, 3.05) is 13.1 Å². The maximum Gasteiger partial charge on any atom is 0.263 e. The minimum atomic E-state index is 0.166. The summed E-state index contributed by atoms with van der Waals surface area (Å²) < 4.78 is 1.90. The highest BCUT2D eigenvalue weighted by Gasteiger charge is 2.22. The van der Waals surface area contributed by atoms with Crippen LogP contribution < -0.4 is 0 Å². The minimum absolute atomic E-state index is 0.166. The summed E-state index contributed by atoms with van der Waals surface area (Å²) in [5.74, 6) is 0.897. The molecule has 0 aromatic carbocycles. The number of nitrogens with zero attached hydrogens (tertiary/aromatic N) is 3. The van der Waals surface area contributed by atoms with Crippen LogP contribution in [-0.4, -0.2) is 33.7 Å². The highest BCUT2D eigenvalue weighted by Crippen LogP contribution is 2.24. The second-order valence-electron chi connectivity index (χ2n) is 6.44. The summed E-state index contributed by atoms with van der Waals surface area (Å²) in [6.45, 7) is 8.53. The fraction of sp³-hybridized carbons (Fsp3) is 0.529. The van der Waals surface area contributed by atoms with Gasteiger partial charge in [-0.05, 0) is 49.6 Å². The Morgan fingerprint density at radius 3 is 2.70 bits per heavy atom. The van der Waals surface area contributed by atoms with Gasteiger partial charge in [0.25, 0.3) is 5.91 Å². The van der Waals surface area contributed by atoms with Gasteiger partial charge in [0.15, 0.2) is 0 Å². The Labute approximate surface area is 146 Å². The van der Waals surface area contributed by atoms with E-state index >= 15 is 0 Å². The van der Waals surface area contributed by atoms with Crippen molar-refractivity contribution in [1.29, 1.82) is 0 Å². The number of aryl methyl sites for hydroxylation is 1. The summed E-state index contributed by atoms with van der Waals surface area (Å²) in [5, 5.41) is 7.22. The van der Waals surface area contributed by atoms with Crippen molar-refractivity contribution >= 4 is 28.8 Å². The van der Waals surface area contributed by atoms with Crippen LogP contribution in [0.5, 0.6) is 0 Å². The van der Waals surface area contributed by atoms with Gasteiger partial charge in [-0.3, -0.25) is 9.48 Å². The largest absolute Gasteiger partial charge is 0.338 e. The number of aromatic nitrogens is 2. The number of carbonyl (C=O) groups is 1. The van der Waals surface area contributed by atoms with Gasteiger partial charge in [-0.2, -0.15) is 5.10 Å². The standard InChI is InChI=1S/C17H22ClN3OS/c1-11-4-6-20(7-5-11)17(22)15-8-14(10-23-15)9-21-13(3)16(18)12(2)19-21/h8,10-11H,4-7,9H2,1-3H3. The molecule has 0 bridgehead atoms. The van der Waals surface area contributed by atoms with E-state index in [1.165, 1.54) is 11.3 Å². The molecule has 1 saturated heterocycles. The van der Waals surface area contributed by atoms with E-state index in [2.05, 4.69) is 12.0 Å². The van der Waals surface area contributed by atoms with E-state index < -0.39 is 0 Å². The number of piperidine rings is 1. The predicted molar refractivity (Wildman–Crippen MR) is 94.4 cm³/mol. The normalized spacial score (nSPS) is 16.1. The lowest BCUT2D eigenvalue weighted by Crippen LogP contribution is -2.37. The quantitative estimate of drug-likeness (QED) is 0.833. The third-order valence-corrected chi connectivity index (χ3v) is 6.07. The summed E-state index contributed by atoms with van der Waals surface area (Å²) in [6.07, 6.45) is 2.21. The van der Waals surface area contributed by atoms with Gasteiger partial charge >= 0.3 is 0 Å². The van der Waals surface area contributed by atoms with Crippen molar-refractivity contribution in [3.63, 3.8) is 0 Å². The Hall–Kier alpha value is -1.33. The third-order valence-electron chi connectivity index (χ3n) is 4.56. The van der Waals surface area contributed by atoms with Crippen LogP contribution in [-0.2, 0) is 6.54 Å². The lowest BCUT2D eigenvalue weighted by atomic mass is 9.99. The number of amides is 1. The molecule has 2 aromatic rings. The molecule has 3 rings (SSSR count). The second kappa shape index (κ2) is 6.65. The number of halogens is 1. The first kappa shape index (κ1) is 16.5. The first-order chi connectivity index (χ1) is 11.0. The van der Waals surface area contributed by atoms with Crippen LogP contribution in [0.3, 0.4) is 0 Å². The maximum atomic E-state index is 12.6. The molecule has 23 heavy (non-hydrogen) atoms. The van der Waals surface area contributed by atoms with Gasteiger partial charge in [0.1, 0.15) is 0 Å². The van der Waals surface area contributed by atoms with E-state index in [0.717, 1.165) is 58.7 Å². The molecule has 0 radical (unpaired) electrons. The fourth-order valence-corrected chi connectivity index (χ4v) is 3.95. The van der Waals surface area contributed by atoms with Crippen molar-refractivity contribution in [3.05, 3.63) is 38.3 Å². The van der Waals surface area contributed by atoms with Gasteiger partial charge in [-0.25, -0.2) is 0 Å². The average molecular weight is 352 g/mol. The Morgan fingerprint density at radius 1 is 1.39 bits per heavy atom. The van der Waals surface area contributed by atoms with Crippen molar-refractivity contribution < 1.29 is 4.79 Å². The minimum Gasteiger partial charge on any atom is -0.338 e. The zero-order valence-electron chi connectivity index (χ0n) is 13.8. The SMILES string of the molecule is Cc1nn(Cc2csc(C(=O)N3CCC(C)CC3)c2)c(C)c1Cl. The van der Waals surface area contributed by atoms with Crippen molar-refractivity contribution in [3.8, 4) is 0 Å². The summed E-state index contributed by atoms with van der Waals surface area (Å²) in [5.41, 5.74) is 2.91. The van der Waals surface area contributed by atoms with E-state index in [4.69, 9.17) is 11.6 Å². The van der Waals surface area contributed by atoms with Crippen LogP contribution in [0.2, 0.25) is 5.02 Å². The van der Waals surface area contributed by atoms with E-state index in [1.807, 2.05) is 34.9 Å². The van der Waals surface area contributed by atoms with Gasteiger partial charge in [0.2, 0.25) is 0 Å². The van der Waals surface area contributed by atoms with Gasteiger partial charge in [0, 0.05) is 13.1 Å². The average Bonchev–Trinajstić information content (AvgIpc) is 3.09. The first-order valence-corrected chi connectivity index (χ1v) is 9.27. The van der Waals surface area contributed by atoms with Gasteiger partial charge in [-0.1, -0.05) is 18.5 Å². The molecular weight excluding hydrogens is 330 g/mol. The van der Waals surface area contributed by atoms with E-state index in [9.17, 15) is 4.79 Å². The molecule has 1 aliphatic rings. The van der Waals surface area contributed by atoms with Crippen LogP contribution in [0.25, 0.3) is 0 Å². The van der Waals surface area contributed by atoms with Gasteiger partial charge in [-0.15, -0.1) is 11.3 Å². The van der Waals surface area contributed by atoms with Crippen molar-refractivity contribution in [2.24, 2.45) is 5.92 Å². The number of hydrogen-bond acceptors (Lipinski definition) is 3. The number of carbonyl (C=O) groups excluding carboxylic acids is 1. The number of likely N-dealkylation sites (tertiary alicyclic amines) is 1. The molecule has 0 spiro atoms. The molecule has 124 valence electrons. The number of rotatable bonds is 3. The molecule has 0 saturated carbocycles. The molecule has 0 N–H and O–H groups in total. The maximum absolute atomic E-state index is 12.6. The predicted octanol–water partition coefficient (Wildman–Crippen LogP) is 4.14. The number of hydrogen-bond donors (Lipinski definition) is 0. The molecule has 4 nitrogen and oxygen atoms in total. The Balaban J connectivity index is 1.70. The zero-order chi connectivity index (χ0) is 16.6. The van der Waals surface area contributed by atoms with Crippen LogP contribution in [0.15, 0.2) is 11.4 Å². The molecular formula is C17H22ClN3OS.